The van der Waals surface area contributed by atoms with Crippen molar-refractivity contribution < 1.29 is 9.32 Å². The minimum atomic E-state index is -0.297. The number of benzene rings is 2. The number of rotatable bonds is 7. The SMILES string of the molecule is CCCc1noc(Cn2cnc3c4cc(C)ccc4n(CC(=O)Nc4cccc(Cl)c4)c3c2=O)n1. The van der Waals surface area contributed by atoms with Crippen LogP contribution in [0.5, 0.6) is 0 Å². The lowest BCUT2D eigenvalue weighted by Crippen LogP contribution is -2.25. The van der Waals surface area contributed by atoms with E-state index in [4.69, 9.17) is 16.1 Å². The number of hydrogen-bond donors (Lipinski definition) is 1. The van der Waals surface area contributed by atoms with Crippen molar-refractivity contribution in [2.75, 3.05) is 5.32 Å². The van der Waals surface area contributed by atoms with E-state index in [0.29, 0.717) is 39.9 Å². The molecule has 0 aliphatic rings. The third-order valence-electron chi connectivity index (χ3n) is 5.68. The predicted molar refractivity (Wildman–Crippen MR) is 134 cm³/mol. The summed E-state index contributed by atoms with van der Waals surface area (Å²) in [5.74, 6) is 0.642. The summed E-state index contributed by atoms with van der Waals surface area (Å²) in [7, 11) is 0. The van der Waals surface area contributed by atoms with Gasteiger partial charge in [0.25, 0.3) is 5.56 Å². The Morgan fingerprint density at radius 3 is 2.86 bits per heavy atom. The summed E-state index contributed by atoms with van der Waals surface area (Å²) in [6.45, 7) is 4.02. The highest BCUT2D eigenvalue weighted by atomic mass is 35.5. The summed E-state index contributed by atoms with van der Waals surface area (Å²) < 4.78 is 8.42. The van der Waals surface area contributed by atoms with E-state index < -0.39 is 0 Å². The molecule has 0 radical (unpaired) electrons. The molecule has 0 unspecified atom stereocenters. The minimum absolute atomic E-state index is 0.0717. The zero-order chi connectivity index (χ0) is 24.5. The van der Waals surface area contributed by atoms with Gasteiger partial charge in [-0.25, -0.2) is 4.98 Å². The Bertz CT molecular complexity index is 1620. The fourth-order valence-corrected chi connectivity index (χ4v) is 4.32. The molecule has 0 aliphatic heterocycles. The maximum absolute atomic E-state index is 13.6. The van der Waals surface area contributed by atoms with Gasteiger partial charge in [-0.1, -0.05) is 41.4 Å². The van der Waals surface area contributed by atoms with Crippen LogP contribution in [0.2, 0.25) is 5.02 Å². The molecule has 0 aliphatic carbocycles. The Morgan fingerprint density at radius 1 is 1.20 bits per heavy atom. The lowest BCUT2D eigenvalue weighted by atomic mass is 10.1. The number of carbonyl (C=O) groups excluding carboxylic acids is 1. The van der Waals surface area contributed by atoms with Crippen LogP contribution in [0, 0.1) is 6.92 Å². The zero-order valence-corrected chi connectivity index (χ0v) is 20.0. The van der Waals surface area contributed by atoms with Crippen molar-refractivity contribution in [2.24, 2.45) is 0 Å². The van der Waals surface area contributed by atoms with Gasteiger partial charge in [0.1, 0.15) is 24.1 Å². The minimum Gasteiger partial charge on any atom is -0.337 e. The van der Waals surface area contributed by atoms with Crippen molar-refractivity contribution in [3.05, 3.63) is 81.4 Å². The van der Waals surface area contributed by atoms with E-state index in [2.05, 4.69) is 20.4 Å². The number of nitrogens with zero attached hydrogens (tertiary/aromatic N) is 5. The molecule has 35 heavy (non-hydrogen) atoms. The van der Waals surface area contributed by atoms with E-state index in [-0.39, 0.29) is 24.6 Å². The molecule has 10 heteroatoms. The van der Waals surface area contributed by atoms with Crippen molar-refractivity contribution in [3.63, 3.8) is 0 Å². The first-order valence-electron chi connectivity index (χ1n) is 11.3. The molecule has 0 saturated carbocycles. The van der Waals surface area contributed by atoms with Gasteiger partial charge in [-0.2, -0.15) is 4.98 Å². The van der Waals surface area contributed by atoms with Crippen molar-refractivity contribution in [3.8, 4) is 0 Å². The standard InChI is InChI=1S/C25H23ClN6O3/c1-3-5-20-29-22(35-30-20)13-31-14-27-23-18-10-15(2)8-9-19(18)32(24(23)25(31)34)12-21(33)28-17-7-4-6-16(26)11-17/h4,6-11,14H,3,5,12-13H2,1-2H3,(H,28,33). The first-order chi connectivity index (χ1) is 16.9. The van der Waals surface area contributed by atoms with Crippen molar-refractivity contribution >= 4 is 45.1 Å². The van der Waals surface area contributed by atoms with Crippen LogP contribution in [0.3, 0.4) is 0 Å². The average molecular weight is 491 g/mol. The van der Waals surface area contributed by atoms with Gasteiger partial charge < -0.3 is 14.4 Å². The highest BCUT2D eigenvalue weighted by molar-refractivity contribution is 6.30. The van der Waals surface area contributed by atoms with E-state index in [0.717, 1.165) is 22.9 Å². The fourth-order valence-electron chi connectivity index (χ4n) is 4.13. The Labute approximate surface area is 205 Å². The van der Waals surface area contributed by atoms with E-state index in [9.17, 15) is 9.59 Å². The van der Waals surface area contributed by atoms with Crippen LogP contribution >= 0.6 is 11.6 Å². The number of aromatic nitrogens is 5. The normalized spacial score (nSPS) is 11.4. The summed E-state index contributed by atoms with van der Waals surface area (Å²) in [5, 5.41) is 8.12. The Hall–Kier alpha value is -3.98. The van der Waals surface area contributed by atoms with Crippen molar-refractivity contribution in [1.82, 2.24) is 24.3 Å². The van der Waals surface area contributed by atoms with E-state index in [1.54, 1.807) is 28.8 Å². The topological polar surface area (TPSA) is 108 Å². The van der Waals surface area contributed by atoms with Gasteiger partial charge in [0, 0.05) is 22.5 Å². The van der Waals surface area contributed by atoms with Gasteiger partial charge in [0.2, 0.25) is 11.8 Å². The van der Waals surface area contributed by atoms with Crippen LogP contribution in [0.1, 0.15) is 30.6 Å². The highest BCUT2D eigenvalue weighted by Gasteiger charge is 2.19. The fraction of sp³-hybridized carbons (Fsp3) is 0.240. The van der Waals surface area contributed by atoms with Crippen molar-refractivity contribution in [1.29, 1.82) is 0 Å². The summed E-state index contributed by atoms with van der Waals surface area (Å²) in [4.78, 5) is 35.5. The molecular formula is C25H23ClN6O3. The van der Waals surface area contributed by atoms with E-state index in [1.165, 1.54) is 10.9 Å². The Kier molecular flexibility index (Phi) is 6.08. The molecule has 5 aromatic rings. The van der Waals surface area contributed by atoms with Gasteiger partial charge in [-0.05, 0) is 43.7 Å². The van der Waals surface area contributed by atoms with Crippen LogP contribution in [0.25, 0.3) is 21.9 Å². The number of anilines is 1. The molecule has 1 N–H and O–H groups in total. The molecule has 3 aromatic heterocycles. The lowest BCUT2D eigenvalue weighted by Gasteiger charge is -2.09. The highest BCUT2D eigenvalue weighted by Crippen LogP contribution is 2.27. The third-order valence-corrected chi connectivity index (χ3v) is 5.92. The Morgan fingerprint density at radius 2 is 2.06 bits per heavy atom. The third kappa shape index (κ3) is 4.54. The summed E-state index contributed by atoms with van der Waals surface area (Å²) >= 11 is 6.04. The number of fused-ring (bicyclic) bond motifs is 3. The van der Waals surface area contributed by atoms with Crippen molar-refractivity contribution in [2.45, 2.75) is 39.8 Å². The number of carbonyl (C=O) groups is 1. The number of nitrogens with one attached hydrogen (secondary N) is 1. The maximum Gasteiger partial charge on any atom is 0.278 e. The van der Waals surface area contributed by atoms with Crippen LogP contribution < -0.4 is 10.9 Å². The molecule has 0 bridgehead atoms. The van der Waals surface area contributed by atoms with Gasteiger partial charge in [0.05, 0.1) is 11.8 Å². The molecule has 0 saturated heterocycles. The van der Waals surface area contributed by atoms with Gasteiger partial charge >= 0.3 is 0 Å². The monoisotopic (exact) mass is 490 g/mol. The molecule has 0 atom stereocenters. The van der Waals surface area contributed by atoms with Gasteiger partial charge in [-0.3, -0.25) is 14.2 Å². The quantitative estimate of drug-likeness (QED) is 0.363. The lowest BCUT2D eigenvalue weighted by molar-refractivity contribution is -0.116. The van der Waals surface area contributed by atoms with E-state index in [1.807, 2.05) is 32.0 Å². The molecule has 9 nitrogen and oxygen atoms in total. The van der Waals surface area contributed by atoms with Crippen LogP contribution in [0.15, 0.2) is 58.1 Å². The number of amides is 1. The smallest absolute Gasteiger partial charge is 0.278 e. The molecule has 2 aromatic carbocycles. The number of aryl methyl sites for hydroxylation is 2. The van der Waals surface area contributed by atoms with E-state index >= 15 is 0 Å². The van der Waals surface area contributed by atoms with Crippen LogP contribution in [-0.2, 0) is 24.3 Å². The summed E-state index contributed by atoms with van der Waals surface area (Å²) in [6.07, 6.45) is 3.07. The molecule has 1 amide bonds. The van der Waals surface area contributed by atoms with Crippen LogP contribution in [-0.4, -0.2) is 30.2 Å². The first kappa shape index (κ1) is 22.8. The molecular weight excluding hydrogens is 468 g/mol. The molecule has 0 fully saturated rings. The second-order valence-electron chi connectivity index (χ2n) is 8.39. The Balaban J connectivity index is 1.56. The average Bonchev–Trinajstić information content (AvgIpc) is 3.38. The number of hydrogen-bond acceptors (Lipinski definition) is 6. The molecule has 0 spiro atoms. The van der Waals surface area contributed by atoms with Gasteiger partial charge in [0.15, 0.2) is 5.82 Å². The molecule has 5 rings (SSSR count). The first-order valence-corrected chi connectivity index (χ1v) is 11.7. The predicted octanol–water partition coefficient (Wildman–Crippen LogP) is 4.34. The maximum atomic E-state index is 13.6. The van der Waals surface area contributed by atoms with Gasteiger partial charge in [-0.15, -0.1) is 0 Å². The molecule has 178 valence electrons. The second kappa shape index (κ2) is 9.34. The number of halogens is 1. The second-order valence-corrected chi connectivity index (χ2v) is 8.83. The van der Waals surface area contributed by atoms with Crippen LogP contribution in [0.4, 0.5) is 5.69 Å². The summed E-state index contributed by atoms with van der Waals surface area (Å²) in [5.41, 5.74) is 2.93. The largest absolute Gasteiger partial charge is 0.337 e. The molecule has 3 heterocycles. The summed E-state index contributed by atoms with van der Waals surface area (Å²) in [6, 6.07) is 12.7. The zero-order valence-electron chi connectivity index (χ0n) is 19.3.